The normalized spacial score (nSPS) is 10.4. The molecule has 0 saturated carbocycles. The maximum atomic E-state index is 12.5. The molecule has 0 bridgehead atoms. The molecule has 1 atom stereocenters. The fourth-order valence-corrected chi connectivity index (χ4v) is 3.38. The van der Waals surface area contributed by atoms with Gasteiger partial charge in [-0.05, 0) is 50.6 Å². The first kappa shape index (κ1) is 19.1. The van der Waals surface area contributed by atoms with Gasteiger partial charge in [0, 0.05) is 0 Å². The Morgan fingerprint density at radius 1 is 1.18 bits per heavy atom. The molecule has 0 saturated heterocycles. The Kier molecular flexibility index (Phi) is 7.46. The predicted octanol–water partition coefficient (Wildman–Crippen LogP) is 0.926. The standard InChI is InChI=1S/C16H16ClO3P.Li.H/c1-10-9-11(19-2)7-8-14(10)21-16(18)15-12(17)5-4-6-13(15)20-3;;/h4-9,21H,1-3H3;;/q;+1;-1. The number of hydrogen-bond acceptors (Lipinski definition) is 3. The van der Waals surface area contributed by atoms with Crippen LogP contribution in [0.3, 0.4) is 0 Å². The number of carbonyl (C=O) groups is 1. The van der Waals surface area contributed by atoms with E-state index in [0.29, 0.717) is 16.3 Å². The summed E-state index contributed by atoms with van der Waals surface area (Å²) >= 11 is 6.14. The summed E-state index contributed by atoms with van der Waals surface area (Å²) in [5.41, 5.74) is 1.42. The van der Waals surface area contributed by atoms with Crippen LogP contribution >= 0.6 is 20.2 Å². The Balaban J connectivity index is 0.00000242. The summed E-state index contributed by atoms with van der Waals surface area (Å²) in [6.45, 7) is 1.96. The molecular weight excluding hydrogens is 314 g/mol. The van der Waals surface area contributed by atoms with Crippen molar-refractivity contribution in [2.45, 2.75) is 6.92 Å². The van der Waals surface area contributed by atoms with Crippen LogP contribution in [0.5, 0.6) is 11.5 Å². The second-order valence-corrected chi connectivity index (χ2v) is 6.10. The number of aryl methyl sites for hydroxylation is 1. The fourth-order valence-electron chi connectivity index (χ4n) is 1.98. The maximum Gasteiger partial charge on any atom is 1.00 e. The average Bonchev–Trinajstić information content (AvgIpc) is 2.48. The molecule has 0 heterocycles. The summed E-state index contributed by atoms with van der Waals surface area (Å²) in [4.78, 5) is 12.5. The minimum Gasteiger partial charge on any atom is -1.00 e. The van der Waals surface area contributed by atoms with Crippen LogP contribution in [0.2, 0.25) is 5.02 Å². The first-order valence-electron chi connectivity index (χ1n) is 6.35. The quantitative estimate of drug-likeness (QED) is 0.604. The zero-order chi connectivity index (χ0) is 15.4. The van der Waals surface area contributed by atoms with Crippen molar-refractivity contribution < 1.29 is 34.6 Å². The maximum absolute atomic E-state index is 12.5. The van der Waals surface area contributed by atoms with Gasteiger partial charge in [0.05, 0.1) is 24.8 Å². The topological polar surface area (TPSA) is 35.5 Å². The summed E-state index contributed by atoms with van der Waals surface area (Å²) in [6, 6.07) is 10.9. The molecule has 1 unspecified atom stereocenters. The minimum absolute atomic E-state index is 0. The number of halogens is 1. The van der Waals surface area contributed by atoms with Crippen LogP contribution < -0.4 is 33.6 Å². The molecule has 0 fully saturated rings. The second-order valence-electron chi connectivity index (χ2n) is 4.45. The third kappa shape index (κ3) is 4.28. The molecule has 0 aliphatic heterocycles. The van der Waals surface area contributed by atoms with Gasteiger partial charge in [-0.3, -0.25) is 4.79 Å². The van der Waals surface area contributed by atoms with Crippen LogP contribution in [0.4, 0.5) is 0 Å². The van der Waals surface area contributed by atoms with E-state index in [1.54, 1.807) is 25.3 Å². The Morgan fingerprint density at radius 3 is 2.50 bits per heavy atom. The molecule has 2 aromatic carbocycles. The van der Waals surface area contributed by atoms with E-state index in [-0.39, 0.29) is 34.4 Å². The van der Waals surface area contributed by atoms with Crippen molar-refractivity contribution in [1.82, 2.24) is 0 Å². The zero-order valence-electron chi connectivity index (χ0n) is 14.1. The molecule has 0 spiro atoms. The summed E-state index contributed by atoms with van der Waals surface area (Å²) in [5.74, 6) is 1.29. The molecule has 0 N–H and O–H groups in total. The van der Waals surface area contributed by atoms with E-state index in [2.05, 4.69) is 0 Å². The van der Waals surface area contributed by atoms with Gasteiger partial charge in [0.15, 0.2) is 5.52 Å². The minimum atomic E-state index is -0.0364. The van der Waals surface area contributed by atoms with E-state index in [0.717, 1.165) is 16.6 Å². The third-order valence-electron chi connectivity index (χ3n) is 3.10. The van der Waals surface area contributed by atoms with Crippen LogP contribution in [-0.4, -0.2) is 19.7 Å². The van der Waals surface area contributed by atoms with Gasteiger partial charge in [-0.1, -0.05) is 23.7 Å². The number of ether oxygens (including phenoxy) is 2. The van der Waals surface area contributed by atoms with E-state index in [9.17, 15) is 4.79 Å². The van der Waals surface area contributed by atoms with Crippen molar-refractivity contribution >= 4 is 31.0 Å². The van der Waals surface area contributed by atoms with Crippen LogP contribution in [-0.2, 0) is 0 Å². The van der Waals surface area contributed by atoms with Gasteiger partial charge in [-0.2, -0.15) is 0 Å². The van der Waals surface area contributed by atoms with Gasteiger partial charge in [0.1, 0.15) is 11.5 Å². The van der Waals surface area contributed by atoms with Gasteiger partial charge >= 0.3 is 18.9 Å². The summed E-state index contributed by atoms with van der Waals surface area (Å²) in [7, 11) is 3.14. The van der Waals surface area contributed by atoms with Gasteiger partial charge in [0.25, 0.3) is 0 Å². The smallest absolute Gasteiger partial charge is 1.00 e. The molecule has 2 aromatic rings. The Bertz CT molecular complexity index is 682. The van der Waals surface area contributed by atoms with E-state index in [4.69, 9.17) is 21.1 Å². The van der Waals surface area contributed by atoms with Gasteiger partial charge in [0.2, 0.25) is 0 Å². The molecule has 0 aliphatic rings. The Morgan fingerprint density at radius 2 is 1.91 bits per heavy atom. The molecule has 0 aliphatic carbocycles. The molecule has 2 rings (SSSR count). The second kappa shape index (κ2) is 8.61. The van der Waals surface area contributed by atoms with E-state index < -0.39 is 0 Å². The molecule has 0 aromatic heterocycles. The SMILES string of the molecule is COc1ccc(PC(=O)c2c(Cl)cccc2OC)c(C)c1.[H-].[Li+]. The van der Waals surface area contributed by atoms with Gasteiger partial charge < -0.3 is 10.9 Å². The number of carbonyl (C=O) groups excluding carboxylic acids is 1. The summed E-state index contributed by atoms with van der Waals surface area (Å²) in [5, 5.41) is 1.39. The monoisotopic (exact) mass is 330 g/mol. The van der Waals surface area contributed by atoms with E-state index in [1.807, 2.05) is 25.1 Å². The number of benzene rings is 2. The van der Waals surface area contributed by atoms with Gasteiger partial charge in [-0.25, -0.2) is 0 Å². The summed E-state index contributed by atoms with van der Waals surface area (Å²) < 4.78 is 10.4. The molecule has 0 amide bonds. The number of hydrogen-bond donors (Lipinski definition) is 0. The van der Waals surface area contributed by atoms with Crippen LogP contribution in [0.1, 0.15) is 17.3 Å². The first-order valence-corrected chi connectivity index (χ1v) is 7.73. The van der Waals surface area contributed by atoms with E-state index in [1.165, 1.54) is 7.11 Å². The van der Waals surface area contributed by atoms with Crippen molar-refractivity contribution in [3.63, 3.8) is 0 Å². The fraction of sp³-hybridized carbons (Fsp3) is 0.188. The average molecular weight is 331 g/mol. The molecule has 22 heavy (non-hydrogen) atoms. The summed E-state index contributed by atoms with van der Waals surface area (Å²) in [6.07, 6.45) is 0. The predicted molar refractivity (Wildman–Crippen MR) is 89.1 cm³/mol. The van der Waals surface area contributed by atoms with Crippen LogP contribution in [0.25, 0.3) is 0 Å². The zero-order valence-corrected chi connectivity index (χ0v) is 14.8. The van der Waals surface area contributed by atoms with E-state index >= 15 is 0 Å². The van der Waals surface area contributed by atoms with Crippen molar-refractivity contribution in [2.75, 3.05) is 14.2 Å². The van der Waals surface area contributed by atoms with Gasteiger partial charge in [-0.15, -0.1) is 0 Å². The number of methoxy groups -OCH3 is 2. The van der Waals surface area contributed by atoms with Crippen molar-refractivity contribution in [2.24, 2.45) is 0 Å². The Labute approximate surface area is 150 Å². The van der Waals surface area contributed by atoms with Crippen LogP contribution in [0, 0.1) is 6.92 Å². The Hall–Kier alpha value is -0.973. The van der Waals surface area contributed by atoms with Crippen molar-refractivity contribution in [3.05, 3.63) is 52.5 Å². The molecule has 3 nitrogen and oxygen atoms in total. The largest absolute Gasteiger partial charge is 1.00 e. The molecule has 6 heteroatoms. The van der Waals surface area contributed by atoms with Crippen LogP contribution in [0.15, 0.2) is 36.4 Å². The molecule has 0 radical (unpaired) electrons. The molecular formula is C16H17ClLiO3P. The number of rotatable bonds is 5. The third-order valence-corrected chi connectivity index (χ3v) is 4.73. The molecule has 112 valence electrons. The van der Waals surface area contributed by atoms with Crippen molar-refractivity contribution in [3.8, 4) is 11.5 Å². The van der Waals surface area contributed by atoms with Crippen molar-refractivity contribution in [1.29, 1.82) is 0 Å². The first-order chi connectivity index (χ1) is 10.1.